The maximum absolute atomic E-state index is 14.5. The molecule has 0 saturated heterocycles. The Balaban J connectivity index is 1.82. The quantitative estimate of drug-likeness (QED) is 0.682. The van der Waals surface area contributed by atoms with Crippen LogP contribution in [0.2, 0.25) is 0 Å². The highest BCUT2D eigenvalue weighted by atomic mass is 19.1. The van der Waals surface area contributed by atoms with Crippen molar-refractivity contribution >= 4 is 5.91 Å². The summed E-state index contributed by atoms with van der Waals surface area (Å²) in [7, 11) is 0. The third kappa shape index (κ3) is 3.56. The Morgan fingerprint density at radius 3 is 2.70 bits per heavy atom. The summed E-state index contributed by atoms with van der Waals surface area (Å²) < 4.78 is 50.6. The molecule has 1 atom stereocenters. The second kappa shape index (κ2) is 8.06. The third-order valence-electron chi connectivity index (χ3n) is 4.98. The van der Waals surface area contributed by atoms with Crippen LogP contribution in [-0.4, -0.2) is 24.4 Å². The average molecular weight is 414 g/mol. The average Bonchev–Trinajstić information content (AvgIpc) is 2.76. The lowest BCUT2D eigenvalue weighted by Crippen LogP contribution is -2.50. The first kappa shape index (κ1) is 19.8. The van der Waals surface area contributed by atoms with Crippen LogP contribution >= 0.6 is 0 Å². The van der Waals surface area contributed by atoms with Gasteiger partial charge in [0.2, 0.25) is 6.86 Å². The number of hydrogen-bond acceptors (Lipinski definition) is 4. The first-order chi connectivity index (χ1) is 14.5. The summed E-state index contributed by atoms with van der Waals surface area (Å²) in [5, 5.41) is 2.93. The van der Waals surface area contributed by atoms with Crippen LogP contribution in [-0.2, 0) is 5.54 Å². The number of aromatic nitrogens is 1. The van der Waals surface area contributed by atoms with Crippen LogP contribution in [0, 0.1) is 11.6 Å². The molecule has 30 heavy (non-hydrogen) atoms. The smallest absolute Gasteiger partial charge is 0.252 e. The molecule has 8 heteroatoms. The van der Waals surface area contributed by atoms with Crippen molar-refractivity contribution in [2.45, 2.75) is 12.0 Å². The number of benzene rings is 2. The lowest BCUT2D eigenvalue weighted by atomic mass is 9.81. The summed E-state index contributed by atoms with van der Waals surface area (Å²) in [6.07, 6.45) is 1.82. The number of carbonyl (C=O) groups excluding carboxylic acids is 1. The molecule has 1 N–H and O–H groups in total. The van der Waals surface area contributed by atoms with E-state index in [2.05, 4.69) is 15.0 Å². The SMILES string of the molecule is O=C(NC1(c2ccc(OCF)c(F)c2)CCOc2cccnc21)c1ccc(F)cc1. The van der Waals surface area contributed by atoms with Gasteiger partial charge in [0.15, 0.2) is 11.6 Å². The number of hydrogen-bond donors (Lipinski definition) is 1. The van der Waals surface area contributed by atoms with Crippen molar-refractivity contribution in [3.8, 4) is 11.5 Å². The van der Waals surface area contributed by atoms with Gasteiger partial charge in [-0.25, -0.2) is 13.2 Å². The normalized spacial score (nSPS) is 17.6. The van der Waals surface area contributed by atoms with Crippen LogP contribution in [0.3, 0.4) is 0 Å². The molecule has 0 radical (unpaired) electrons. The first-order valence-corrected chi connectivity index (χ1v) is 9.19. The topological polar surface area (TPSA) is 60.5 Å². The Bertz CT molecular complexity index is 1080. The van der Waals surface area contributed by atoms with Crippen LogP contribution < -0.4 is 14.8 Å². The minimum atomic E-state index is -1.21. The van der Waals surface area contributed by atoms with Gasteiger partial charge in [0.05, 0.1) is 6.61 Å². The minimum absolute atomic E-state index is 0.234. The summed E-state index contributed by atoms with van der Waals surface area (Å²) in [5.41, 5.74) is -0.178. The molecule has 154 valence electrons. The molecule has 0 bridgehead atoms. The zero-order chi connectivity index (χ0) is 21.1. The fraction of sp³-hybridized carbons (Fsp3) is 0.182. The van der Waals surface area contributed by atoms with E-state index in [9.17, 15) is 18.0 Å². The van der Waals surface area contributed by atoms with Crippen molar-refractivity contribution in [1.82, 2.24) is 10.3 Å². The molecule has 0 aliphatic carbocycles. The second-order valence-electron chi connectivity index (χ2n) is 6.71. The van der Waals surface area contributed by atoms with Gasteiger partial charge < -0.3 is 14.8 Å². The number of rotatable bonds is 5. The summed E-state index contributed by atoms with van der Waals surface area (Å²) >= 11 is 0. The van der Waals surface area contributed by atoms with E-state index in [0.717, 1.165) is 0 Å². The third-order valence-corrected chi connectivity index (χ3v) is 4.98. The van der Waals surface area contributed by atoms with Gasteiger partial charge in [0, 0.05) is 18.2 Å². The zero-order valence-electron chi connectivity index (χ0n) is 15.7. The van der Waals surface area contributed by atoms with E-state index in [1.807, 2.05) is 0 Å². The lowest BCUT2D eigenvalue weighted by molar-refractivity contribution is 0.0883. The molecule has 1 aromatic heterocycles. The summed E-state index contributed by atoms with van der Waals surface area (Å²) in [6.45, 7) is -0.923. The first-order valence-electron chi connectivity index (χ1n) is 9.19. The predicted molar refractivity (Wildman–Crippen MR) is 102 cm³/mol. The monoisotopic (exact) mass is 414 g/mol. The molecule has 3 aromatic rings. The molecule has 1 aliphatic rings. The molecule has 1 unspecified atom stereocenters. The molecule has 0 fully saturated rings. The van der Waals surface area contributed by atoms with E-state index >= 15 is 0 Å². The van der Waals surface area contributed by atoms with Crippen LogP contribution in [0.15, 0.2) is 60.8 Å². The number of ether oxygens (including phenoxy) is 2. The molecule has 2 aromatic carbocycles. The van der Waals surface area contributed by atoms with Crippen molar-refractivity contribution in [1.29, 1.82) is 0 Å². The number of halogens is 3. The number of pyridine rings is 1. The van der Waals surface area contributed by atoms with E-state index in [4.69, 9.17) is 4.74 Å². The van der Waals surface area contributed by atoms with Gasteiger partial charge >= 0.3 is 0 Å². The largest absolute Gasteiger partial charge is 0.491 e. The fourth-order valence-corrected chi connectivity index (χ4v) is 3.54. The van der Waals surface area contributed by atoms with E-state index in [1.165, 1.54) is 36.4 Å². The standard InChI is InChI=1S/C22H17F3N2O3/c23-13-30-18-8-5-15(12-17(18)25)22(9-11-29-19-2-1-10-26-20(19)22)27-21(28)14-3-6-16(24)7-4-14/h1-8,10,12H,9,11,13H2,(H,27,28). The van der Waals surface area contributed by atoms with Gasteiger partial charge in [-0.3, -0.25) is 9.78 Å². The highest BCUT2D eigenvalue weighted by molar-refractivity contribution is 5.95. The van der Waals surface area contributed by atoms with Crippen molar-refractivity contribution in [2.75, 3.05) is 13.5 Å². The van der Waals surface area contributed by atoms with E-state index in [1.54, 1.807) is 24.4 Å². The Kier molecular flexibility index (Phi) is 5.31. The molecule has 5 nitrogen and oxygen atoms in total. The summed E-state index contributed by atoms with van der Waals surface area (Å²) in [6, 6.07) is 12.5. The highest BCUT2D eigenvalue weighted by Gasteiger charge is 2.43. The van der Waals surface area contributed by atoms with Gasteiger partial charge in [0.1, 0.15) is 22.8 Å². The van der Waals surface area contributed by atoms with Crippen LogP contribution in [0.1, 0.15) is 28.0 Å². The van der Waals surface area contributed by atoms with Gasteiger partial charge in [-0.2, -0.15) is 0 Å². The Morgan fingerprint density at radius 1 is 1.17 bits per heavy atom. The molecule has 0 spiro atoms. The second-order valence-corrected chi connectivity index (χ2v) is 6.71. The predicted octanol–water partition coefficient (Wildman–Crippen LogP) is 4.12. The van der Waals surface area contributed by atoms with Crippen molar-refractivity contribution < 1.29 is 27.4 Å². The number of amides is 1. The maximum Gasteiger partial charge on any atom is 0.252 e. The Morgan fingerprint density at radius 2 is 1.97 bits per heavy atom. The molecule has 1 amide bonds. The van der Waals surface area contributed by atoms with Gasteiger partial charge in [-0.15, -0.1) is 0 Å². The van der Waals surface area contributed by atoms with Gasteiger partial charge in [0.25, 0.3) is 5.91 Å². The van der Waals surface area contributed by atoms with Gasteiger partial charge in [-0.1, -0.05) is 6.07 Å². The van der Waals surface area contributed by atoms with Crippen molar-refractivity contribution in [2.24, 2.45) is 0 Å². The number of carbonyl (C=O) groups is 1. The number of alkyl halides is 1. The number of fused-ring (bicyclic) bond motifs is 1. The van der Waals surface area contributed by atoms with E-state index < -0.39 is 29.9 Å². The van der Waals surface area contributed by atoms with Crippen molar-refractivity contribution in [3.63, 3.8) is 0 Å². The molecule has 4 rings (SSSR count). The van der Waals surface area contributed by atoms with Crippen LogP contribution in [0.25, 0.3) is 0 Å². The molecular formula is C22H17F3N2O3. The van der Waals surface area contributed by atoms with E-state index in [0.29, 0.717) is 17.0 Å². The number of nitrogens with zero attached hydrogens (tertiary/aromatic N) is 1. The van der Waals surface area contributed by atoms with E-state index in [-0.39, 0.29) is 24.3 Å². The highest BCUT2D eigenvalue weighted by Crippen LogP contribution is 2.41. The molecule has 0 saturated carbocycles. The van der Waals surface area contributed by atoms with Crippen LogP contribution in [0.5, 0.6) is 11.5 Å². The summed E-state index contributed by atoms with van der Waals surface area (Å²) in [4.78, 5) is 17.4. The Labute approximate surface area is 170 Å². The summed E-state index contributed by atoms with van der Waals surface area (Å²) in [5.74, 6) is -1.52. The fourth-order valence-electron chi connectivity index (χ4n) is 3.54. The van der Waals surface area contributed by atoms with Crippen molar-refractivity contribution in [3.05, 3.63) is 89.2 Å². The maximum atomic E-state index is 14.5. The molecule has 2 heterocycles. The van der Waals surface area contributed by atoms with Crippen LogP contribution in [0.4, 0.5) is 13.2 Å². The zero-order valence-corrected chi connectivity index (χ0v) is 15.7. The minimum Gasteiger partial charge on any atom is -0.491 e. The lowest BCUT2D eigenvalue weighted by Gasteiger charge is -2.39. The Hall–Kier alpha value is -3.55. The van der Waals surface area contributed by atoms with Gasteiger partial charge in [-0.05, 0) is 54.1 Å². The molecule has 1 aliphatic heterocycles. The number of nitrogens with one attached hydrogen (secondary N) is 1. The molecular weight excluding hydrogens is 397 g/mol.